The molecule has 1 heterocycles. The standard InChI is InChI=1S/C42H31N3O2.C13H12/c1-42(2)33-15-8-7-14-32(33)38-34(42)21-23-36-39(38)47-35-22-20-30(25-37(35)46-36)27-16-18-28(19-17-27)40(43)45-41(44-3)31-13-9-12-29(24-31)26-10-5-4-6-11-26;1-11-6-5-9-13(10-11)12-7-3-2-4-8-12/h4-25,43H,3H2,1-2H3;2-10H,1H3. The Morgan fingerprint density at radius 3 is 1.78 bits per heavy atom. The van der Waals surface area contributed by atoms with Gasteiger partial charge in [0.1, 0.15) is 0 Å². The molecule has 0 amide bonds. The Labute approximate surface area is 351 Å². The number of hydrogen-bond acceptors (Lipinski definition) is 3. The van der Waals surface area contributed by atoms with Gasteiger partial charge in [-0.15, -0.1) is 0 Å². The molecule has 10 rings (SSSR count). The number of benzene rings is 8. The van der Waals surface area contributed by atoms with Gasteiger partial charge >= 0.3 is 0 Å². The van der Waals surface area contributed by atoms with Crippen molar-refractivity contribution in [1.82, 2.24) is 0 Å². The molecule has 1 aliphatic heterocycles. The fourth-order valence-electron chi connectivity index (χ4n) is 8.11. The van der Waals surface area contributed by atoms with Crippen molar-refractivity contribution < 1.29 is 9.47 Å². The highest BCUT2D eigenvalue weighted by molar-refractivity contribution is 6.12. The summed E-state index contributed by atoms with van der Waals surface area (Å²) in [5.74, 6) is 3.35. The summed E-state index contributed by atoms with van der Waals surface area (Å²) in [7, 11) is 0. The molecule has 5 heteroatoms. The molecule has 0 saturated carbocycles. The summed E-state index contributed by atoms with van der Waals surface area (Å²) in [5.41, 5.74) is 14.2. The first kappa shape index (κ1) is 37.9. The minimum absolute atomic E-state index is 0.111. The summed E-state index contributed by atoms with van der Waals surface area (Å²) in [5, 5.41) is 8.71. The second-order valence-corrected chi connectivity index (χ2v) is 15.6. The van der Waals surface area contributed by atoms with E-state index in [1.165, 1.54) is 33.4 Å². The average Bonchev–Trinajstić information content (AvgIpc) is 3.54. The monoisotopic (exact) mass is 777 g/mol. The number of hydrogen-bond donors (Lipinski definition) is 1. The molecule has 0 aromatic heterocycles. The lowest BCUT2D eigenvalue weighted by molar-refractivity contribution is 0.360. The van der Waals surface area contributed by atoms with Gasteiger partial charge in [0.05, 0.1) is 0 Å². The molecule has 0 saturated heterocycles. The summed E-state index contributed by atoms with van der Waals surface area (Å²) in [6, 6.07) is 63.6. The number of rotatable bonds is 5. The van der Waals surface area contributed by atoms with Crippen molar-refractivity contribution in [2.24, 2.45) is 9.98 Å². The summed E-state index contributed by atoms with van der Waals surface area (Å²) in [4.78, 5) is 8.68. The molecule has 0 radical (unpaired) electrons. The number of aliphatic imine (C=N–C) groups is 2. The zero-order chi connectivity index (χ0) is 41.2. The van der Waals surface area contributed by atoms with E-state index in [9.17, 15) is 0 Å². The van der Waals surface area contributed by atoms with Gasteiger partial charge in [0.15, 0.2) is 34.7 Å². The number of nitrogens with one attached hydrogen (secondary N) is 1. The second kappa shape index (κ2) is 16.0. The second-order valence-electron chi connectivity index (χ2n) is 15.6. The summed E-state index contributed by atoms with van der Waals surface area (Å²) in [6.07, 6.45) is 0. The van der Waals surface area contributed by atoms with Gasteiger partial charge in [0.25, 0.3) is 0 Å². The molecule has 8 aromatic carbocycles. The maximum absolute atomic E-state index is 8.71. The van der Waals surface area contributed by atoms with Crippen molar-refractivity contribution in [3.63, 3.8) is 0 Å². The van der Waals surface area contributed by atoms with Gasteiger partial charge in [-0.3, -0.25) is 5.41 Å². The normalized spacial score (nSPS) is 12.9. The van der Waals surface area contributed by atoms with Crippen molar-refractivity contribution in [3.05, 3.63) is 216 Å². The van der Waals surface area contributed by atoms with Crippen LogP contribution in [0.2, 0.25) is 0 Å². The highest BCUT2D eigenvalue weighted by Crippen LogP contribution is 2.58. The largest absolute Gasteiger partial charge is 0.449 e. The smallest absolute Gasteiger partial charge is 0.178 e. The Bertz CT molecular complexity index is 2930. The van der Waals surface area contributed by atoms with Crippen molar-refractivity contribution >= 4 is 18.4 Å². The molecule has 0 bridgehead atoms. The fourth-order valence-corrected chi connectivity index (χ4v) is 8.11. The Morgan fingerprint density at radius 1 is 0.500 bits per heavy atom. The molecule has 0 atom stereocenters. The SMILES string of the molecule is C=NC(=NC(=N)c1ccc(-c2ccc3c(c2)Oc2ccc4c(c2O3)-c2ccccc2C4(C)C)cc1)c1cccc(-c2ccccc2)c1.Cc1cccc(-c2ccccc2)c1. The third kappa shape index (κ3) is 7.34. The molecule has 2 aliphatic rings. The van der Waals surface area contributed by atoms with E-state index in [0.29, 0.717) is 28.6 Å². The van der Waals surface area contributed by atoms with Crippen LogP contribution >= 0.6 is 0 Å². The topological polar surface area (TPSA) is 67.0 Å². The van der Waals surface area contributed by atoms with Crippen molar-refractivity contribution in [2.45, 2.75) is 26.2 Å². The number of fused-ring (bicyclic) bond motifs is 6. The van der Waals surface area contributed by atoms with Crippen LogP contribution in [0, 0.1) is 12.3 Å². The van der Waals surface area contributed by atoms with E-state index in [1.807, 2.05) is 97.1 Å². The van der Waals surface area contributed by atoms with Crippen LogP contribution in [0.4, 0.5) is 0 Å². The highest BCUT2D eigenvalue weighted by Gasteiger charge is 2.39. The van der Waals surface area contributed by atoms with Crippen LogP contribution in [0.15, 0.2) is 198 Å². The molecular weight excluding hydrogens is 735 g/mol. The lowest BCUT2D eigenvalue weighted by atomic mass is 9.82. The molecule has 8 aromatic rings. The predicted octanol–water partition coefficient (Wildman–Crippen LogP) is 14.4. The quantitative estimate of drug-likeness (QED) is 0.140. The van der Waals surface area contributed by atoms with E-state index in [2.05, 4.69) is 128 Å². The van der Waals surface area contributed by atoms with Crippen LogP contribution < -0.4 is 9.47 Å². The maximum Gasteiger partial charge on any atom is 0.178 e. The number of aryl methyl sites for hydroxylation is 1. The van der Waals surface area contributed by atoms with Crippen LogP contribution in [-0.4, -0.2) is 18.4 Å². The molecular formula is C55H43N3O2. The molecule has 1 N–H and O–H groups in total. The Hall–Kier alpha value is -7.63. The number of ether oxygens (including phenoxy) is 2. The first-order valence-electron chi connectivity index (χ1n) is 20.1. The molecule has 0 spiro atoms. The number of amidine groups is 2. The van der Waals surface area contributed by atoms with Crippen molar-refractivity contribution in [2.75, 3.05) is 0 Å². The maximum atomic E-state index is 8.71. The first-order valence-corrected chi connectivity index (χ1v) is 20.1. The molecule has 0 fully saturated rings. The van der Waals surface area contributed by atoms with E-state index in [0.717, 1.165) is 39.1 Å². The first-order chi connectivity index (χ1) is 29.3. The third-order valence-electron chi connectivity index (χ3n) is 11.3. The highest BCUT2D eigenvalue weighted by atomic mass is 16.6. The average molecular weight is 778 g/mol. The van der Waals surface area contributed by atoms with Crippen LogP contribution in [0.5, 0.6) is 23.0 Å². The lowest BCUT2D eigenvalue weighted by Gasteiger charge is -2.25. The van der Waals surface area contributed by atoms with Gasteiger partial charge in [-0.2, -0.15) is 0 Å². The van der Waals surface area contributed by atoms with Gasteiger partial charge in [-0.25, -0.2) is 9.98 Å². The predicted molar refractivity (Wildman–Crippen MR) is 247 cm³/mol. The van der Waals surface area contributed by atoms with Gasteiger partial charge in [-0.1, -0.05) is 183 Å². The Kier molecular flexibility index (Phi) is 10.1. The molecule has 290 valence electrons. The Morgan fingerprint density at radius 2 is 1.08 bits per heavy atom. The molecule has 60 heavy (non-hydrogen) atoms. The third-order valence-corrected chi connectivity index (χ3v) is 11.3. The van der Waals surface area contributed by atoms with E-state index in [4.69, 9.17) is 14.9 Å². The summed E-state index contributed by atoms with van der Waals surface area (Å²) >= 11 is 0. The van der Waals surface area contributed by atoms with E-state index in [1.54, 1.807) is 0 Å². The van der Waals surface area contributed by atoms with Gasteiger partial charge < -0.3 is 9.47 Å². The van der Waals surface area contributed by atoms with Gasteiger partial charge in [0.2, 0.25) is 0 Å². The molecule has 0 unspecified atom stereocenters. The van der Waals surface area contributed by atoms with Crippen molar-refractivity contribution in [3.8, 4) is 67.5 Å². The Balaban J connectivity index is 0.000000303. The lowest BCUT2D eigenvalue weighted by Crippen LogP contribution is -2.15. The van der Waals surface area contributed by atoms with E-state index >= 15 is 0 Å². The van der Waals surface area contributed by atoms with Crippen LogP contribution in [-0.2, 0) is 5.41 Å². The zero-order valence-electron chi connectivity index (χ0n) is 33.8. The summed E-state index contributed by atoms with van der Waals surface area (Å²) < 4.78 is 13.0. The van der Waals surface area contributed by atoms with E-state index < -0.39 is 0 Å². The zero-order valence-corrected chi connectivity index (χ0v) is 33.8. The van der Waals surface area contributed by atoms with Crippen LogP contribution in [0.1, 0.15) is 41.7 Å². The fraction of sp³-hybridized carbons (Fsp3) is 0.0727. The minimum Gasteiger partial charge on any atom is -0.449 e. The van der Waals surface area contributed by atoms with Crippen LogP contribution in [0.25, 0.3) is 44.5 Å². The van der Waals surface area contributed by atoms with Crippen LogP contribution in [0.3, 0.4) is 0 Å². The van der Waals surface area contributed by atoms with Gasteiger partial charge in [-0.05, 0) is 88.0 Å². The number of nitrogens with zero attached hydrogens (tertiary/aromatic N) is 2. The van der Waals surface area contributed by atoms with Crippen molar-refractivity contribution in [1.29, 1.82) is 5.41 Å². The van der Waals surface area contributed by atoms with Gasteiger partial charge in [0, 0.05) is 22.1 Å². The summed E-state index contributed by atoms with van der Waals surface area (Å²) in [6.45, 7) is 10.4. The minimum atomic E-state index is -0.112. The van der Waals surface area contributed by atoms with E-state index in [-0.39, 0.29) is 11.3 Å². The molecule has 5 nitrogen and oxygen atoms in total. The molecule has 1 aliphatic carbocycles.